The van der Waals surface area contributed by atoms with Crippen molar-refractivity contribution in [2.24, 2.45) is 0 Å². The highest BCUT2D eigenvalue weighted by Crippen LogP contribution is 2.26. The van der Waals surface area contributed by atoms with Gasteiger partial charge in [0.25, 0.3) is 5.76 Å². The van der Waals surface area contributed by atoms with Gasteiger partial charge >= 0.3 is 0 Å². The number of halogens is 2. The van der Waals surface area contributed by atoms with Crippen molar-refractivity contribution in [3.8, 4) is 5.75 Å². The van der Waals surface area contributed by atoms with Crippen molar-refractivity contribution in [3.05, 3.63) is 54.1 Å². The molecule has 0 heterocycles. The quantitative estimate of drug-likeness (QED) is 0.609. The van der Waals surface area contributed by atoms with Crippen molar-refractivity contribution in [1.82, 2.24) is 0 Å². The van der Waals surface area contributed by atoms with Gasteiger partial charge in [-0.15, -0.1) is 0 Å². The molecule has 0 saturated heterocycles. The van der Waals surface area contributed by atoms with E-state index in [1.807, 2.05) is 0 Å². The molecule has 2 aromatic carbocycles. The molecule has 6 heteroatoms. The number of nitrogens with one attached hydrogen (secondary N) is 1. The van der Waals surface area contributed by atoms with Crippen LogP contribution in [0.5, 0.6) is 5.75 Å². The maximum atomic E-state index is 12.2. The van der Waals surface area contributed by atoms with E-state index in [-0.39, 0.29) is 12.3 Å². The van der Waals surface area contributed by atoms with Crippen molar-refractivity contribution >= 4 is 23.2 Å². The predicted molar refractivity (Wildman–Crippen MR) is 84.1 cm³/mol. The lowest BCUT2D eigenvalue weighted by Crippen LogP contribution is -2.13. The number of anilines is 1. The largest absolute Gasteiger partial charge is 0.497 e. The summed E-state index contributed by atoms with van der Waals surface area (Å²) in [4.78, 5) is 12.5. The summed E-state index contributed by atoms with van der Waals surface area (Å²) < 4.78 is 29.5. The molecular formula is C16H15F2NO2S. The first-order valence-electron chi connectivity index (χ1n) is 6.54. The highest BCUT2D eigenvalue weighted by atomic mass is 32.2. The van der Waals surface area contributed by atoms with Gasteiger partial charge in [-0.2, -0.15) is 8.78 Å². The molecule has 0 unspecified atom stereocenters. The highest BCUT2D eigenvalue weighted by Gasteiger charge is 2.07. The lowest BCUT2D eigenvalue weighted by Gasteiger charge is -2.07. The van der Waals surface area contributed by atoms with E-state index in [0.29, 0.717) is 33.7 Å². The number of ether oxygens (including phenoxy) is 1. The maximum absolute atomic E-state index is 12.2. The summed E-state index contributed by atoms with van der Waals surface area (Å²) in [5.41, 5.74) is 1.29. The van der Waals surface area contributed by atoms with Crippen molar-refractivity contribution in [2.75, 3.05) is 19.0 Å². The van der Waals surface area contributed by atoms with E-state index in [9.17, 15) is 13.6 Å². The van der Waals surface area contributed by atoms with Gasteiger partial charge in [0.15, 0.2) is 5.78 Å². The number of hydrogen-bond acceptors (Lipinski definition) is 4. The minimum Gasteiger partial charge on any atom is -0.497 e. The minimum absolute atomic E-state index is 0.0614. The van der Waals surface area contributed by atoms with Gasteiger partial charge in [-0.05, 0) is 48.5 Å². The van der Waals surface area contributed by atoms with Gasteiger partial charge in [0.2, 0.25) is 0 Å². The fraction of sp³-hybridized carbons (Fsp3) is 0.188. The average Bonchev–Trinajstić information content (AvgIpc) is 2.53. The number of carbonyl (C=O) groups is 1. The first-order valence-corrected chi connectivity index (χ1v) is 7.42. The standard InChI is InChI=1S/C16H15F2NO2S/c1-21-13-6-2-11(3-7-13)15(20)10-19-12-4-8-14(9-5-12)22-16(17)18/h2-9,16,19H,10H2,1H3. The smallest absolute Gasteiger partial charge is 0.288 e. The van der Waals surface area contributed by atoms with Crippen LogP contribution in [0.2, 0.25) is 0 Å². The van der Waals surface area contributed by atoms with Crippen molar-refractivity contribution in [1.29, 1.82) is 0 Å². The Balaban J connectivity index is 1.90. The zero-order valence-corrected chi connectivity index (χ0v) is 12.7. The van der Waals surface area contributed by atoms with Gasteiger partial charge in [-0.1, -0.05) is 11.8 Å². The fourth-order valence-corrected chi connectivity index (χ4v) is 2.31. The van der Waals surface area contributed by atoms with Crippen molar-refractivity contribution in [2.45, 2.75) is 10.7 Å². The van der Waals surface area contributed by atoms with E-state index in [1.54, 1.807) is 55.6 Å². The Labute approximate surface area is 131 Å². The molecule has 0 bridgehead atoms. The number of hydrogen-bond donors (Lipinski definition) is 1. The molecule has 22 heavy (non-hydrogen) atoms. The van der Waals surface area contributed by atoms with E-state index < -0.39 is 5.76 Å². The van der Waals surface area contributed by atoms with Crippen LogP contribution in [0.25, 0.3) is 0 Å². The Hall–Kier alpha value is -2.08. The predicted octanol–water partition coefficient (Wildman–Crippen LogP) is 4.30. The first-order chi connectivity index (χ1) is 10.6. The minimum atomic E-state index is -2.43. The number of Topliss-reactive ketones (excluding diaryl/α,β-unsaturated/α-hetero) is 1. The van der Waals surface area contributed by atoms with E-state index >= 15 is 0 Å². The topological polar surface area (TPSA) is 38.3 Å². The van der Waals surface area contributed by atoms with Gasteiger partial charge in [0.1, 0.15) is 5.75 Å². The van der Waals surface area contributed by atoms with Gasteiger partial charge in [-0.3, -0.25) is 4.79 Å². The number of carbonyl (C=O) groups excluding carboxylic acids is 1. The molecule has 0 saturated carbocycles. The summed E-state index contributed by atoms with van der Waals surface area (Å²) in [5, 5.41) is 2.97. The van der Waals surface area contributed by atoms with Gasteiger partial charge in [-0.25, -0.2) is 0 Å². The van der Waals surface area contributed by atoms with Crippen LogP contribution >= 0.6 is 11.8 Å². The summed E-state index contributed by atoms with van der Waals surface area (Å²) in [7, 11) is 1.56. The molecule has 0 amide bonds. The maximum Gasteiger partial charge on any atom is 0.288 e. The van der Waals surface area contributed by atoms with Gasteiger partial charge < -0.3 is 10.1 Å². The van der Waals surface area contributed by atoms with Crippen LogP contribution in [0.15, 0.2) is 53.4 Å². The fourth-order valence-electron chi connectivity index (χ4n) is 1.82. The molecule has 0 aromatic heterocycles. The summed E-state index contributed by atoms with van der Waals surface area (Å²) in [6.45, 7) is 0.133. The molecule has 1 N–H and O–H groups in total. The molecule has 0 atom stereocenters. The van der Waals surface area contributed by atoms with Crippen LogP contribution in [-0.4, -0.2) is 25.2 Å². The summed E-state index contributed by atoms with van der Waals surface area (Å²) in [6, 6.07) is 13.4. The highest BCUT2D eigenvalue weighted by molar-refractivity contribution is 7.99. The number of benzene rings is 2. The van der Waals surface area contributed by atoms with Crippen LogP contribution in [0, 0.1) is 0 Å². The molecule has 116 valence electrons. The van der Waals surface area contributed by atoms with E-state index in [4.69, 9.17) is 4.74 Å². The lowest BCUT2D eigenvalue weighted by atomic mass is 10.1. The third-order valence-electron chi connectivity index (χ3n) is 2.94. The summed E-state index contributed by atoms with van der Waals surface area (Å²) in [5.74, 6) is -1.80. The third kappa shape index (κ3) is 4.73. The van der Waals surface area contributed by atoms with Crippen molar-refractivity contribution < 1.29 is 18.3 Å². The third-order valence-corrected chi connectivity index (χ3v) is 3.67. The Bertz CT molecular complexity index is 615. The normalized spacial score (nSPS) is 10.5. The number of alkyl halides is 2. The Morgan fingerprint density at radius 2 is 1.77 bits per heavy atom. The monoisotopic (exact) mass is 323 g/mol. The molecule has 2 aromatic rings. The molecular weight excluding hydrogens is 308 g/mol. The second-order valence-electron chi connectivity index (χ2n) is 4.41. The number of ketones is 1. The van der Waals surface area contributed by atoms with Crippen molar-refractivity contribution in [3.63, 3.8) is 0 Å². The summed E-state index contributed by atoms with van der Waals surface area (Å²) in [6.07, 6.45) is 0. The van der Waals surface area contributed by atoms with E-state index in [2.05, 4.69) is 5.32 Å². The average molecular weight is 323 g/mol. The molecule has 0 aliphatic carbocycles. The summed E-state index contributed by atoms with van der Waals surface area (Å²) >= 11 is 0.492. The SMILES string of the molecule is COc1ccc(C(=O)CNc2ccc(SC(F)F)cc2)cc1. The zero-order valence-electron chi connectivity index (χ0n) is 11.9. The van der Waals surface area contributed by atoms with E-state index in [1.165, 1.54) is 0 Å². The molecule has 0 radical (unpaired) electrons. The molecule has 0 aliphatic rings. The zero-order chi connectivity index (χ0) is 15.9. The van der Waals surface area contributed by atoms with E-state index in [0.717, 1.165) is 0 Å². The molecule has 0 spiro atoms. The Morgan fingerprint density at radius 1 is 1.14 bits per heavy atom. The number of rotatable bonds is 7. The molecule has 3 nitrogen and oxygen atoms in total. The van der Waals surface area contributed by atoms with Crippen LogP contribution in [0.3, 0.4) is 0 Å². The molecule has 2 rings (SSSR count). The van der Waals surface area contributed by atoms with Gasteiger partial charge in [0, 0.05) is 16.1 Å². The van der Waals surface area contributed by atoms with Gasteiger partial charge in [0.05, 0.1) is 13.7 Å². The van der Waals surface area contributed by atoms with Crippen LogP contribution in [0.1, 0.15) is 10.4 Å². The number of thioether (sulfide) groups is 1. The second-order valence-corrected chi connectivity index (χ2v) is 5.47. The van der Waals surface area contributed by atoms with Crippen LogP contribution in [0.4, 0.5) is 14.5 Å². The second kappa shape index (κ2) is 7.79. The van der Waals surface area contributed by atoms with Crippen LogP contribution < -0.4 is 10.1 Å². The molecule has 0 aliphatic heterocycles. The number of methoxy groups -OCH3 is 1. The first kappa shape index (κ1) is 16.3. The van der Waals surface area contributed by atoms with Crippen LogP contribution in [-0.2, 0) is 0 Å². The Kier molecular flexibility index (Phi) is 5.77. The Morgan fingerprint density at radius 3 is 2.32 bits per heavy atom. The lowest BCUT2D eigenvalue weighted by molar-refractivity contribution is 0.101. The molecule has 0 fully saturated rings.